The number of nitrogens with zero attached hydrogens (tertiary/aromatic N) is 1. The van der Waals surface area contributed by atoms with Gasteiger partial charge in [-0.3, -0.25) is 9.59 Å². The van der Waals surface area contributed by atoms with E-state index in [1.54, 1.807) is 0 Å². The van der Waals surface area contributed by atoms with Gasteiger partial charge in [0.1, 0.15) is 5.76 Å². The number of Topliss-reactive ketones (excluding diaryl/α,β-unsaturated/α-hetero) is 1. The molecular weight excluding hydrogens is 474 g/mol. The molecule has 0 saturated heterocycles. The standard InChI is InChI=1S/C32H31NO2.CH2O2/c1-2-24-15-9-12-20-29(34)31(30(24)25-16-7-4-8-17-25)32(35)27-22-33(21-23-13-5-3-6-14-23)28-19-11-10-18-26(27)28;2-1-3/h3-8,10-11,13-14,16-19,22,35H,2,9,12,15,20-21H2,1H3;1H,(H,2,3)/b30-24+,32-31?;. The molecule has 1 aliphatic carbocycles. The number of ketones is 1. The fourth-order valence-corrected chi connectivity index (χ4v) is 5.23. The van der Waals surface area contributed by atoms with Crippen molar-refractivity contribution in [2.45, 2.75) is 45.6 Å². The number of fused-ring (bicyclic) bond motifs is 1. The van der Waals surface area contributed by atoms with Crippen LogP contribution in [0.4, 0.5) is 0 Å². The summed E-state index contributed by atoms with van der Waals surface area (Å²) in [5.74, 6) is 0.108. The molecule has 38 heavy (non-hydrogen) atoms. The van der Waals surface area contributed by atoms with Gasteiger partial charge in [0.15, 0.2) is 5.78 Å². The monoisotopic (exact) mass is 507 g/mol. The number of rotatable bonds is 5. The maximum absolute atomic E-state index is 13.6. The Morgan fingerprint density at radius 1 is 0.895 bits per heavy atom. The highest BCUT2D eigenvalue weighted by molar-refractivity contribution is 6.17. The summed E-state index contributed by atoms with van der Waals surface area (Å²) in [6.07, 6.45) is 6.09. The molecule has 5 heteroatoms. The minimum atomic E-state index is -0.250. The van der Waals surface area contributed by atoms with Gasteiger partial charge >= 0.3 is 0 Å². The van der Waals surface area contributed by atoms with Crippen molar-refractivity contribution in [2.24, 2.45) is 0 Å². The van der Waals surface area contributed by atoms with Crippen molar-refractivity contribution in [3.8, 4) is 0 Å². The van der Waals surface area contributed by atoms with Crippen LogP contribution in [0.3, 0.4) is 0 Å². The highest BCUT2D eigenvalue weighted by Gasteiger charge is 2.27. The van der Waals surface area contributed by atoms with Crippen LogP contribution in [0.15, 0.2) is 102 Å². The Morgan fingerprint density at radius 2 is 1.50 bits per heavy atom. The predicted octanol–water partition coefficient (Wildman–Crippen LogP) is 7.67. The van der Waals surface area contributed by atoms with Crippen LogP contribution in [0, 0.1) is 0 Å². The maximum atomic E-state index is 13.6. The van der Waals surface area contributed by atoms with Gasteiger partial charge in [0.05, 0.1) is 5.57 Å². The summed E-state index contributed by atoms with van der Waals surface area (Å²) in [5, 5.41) is 19.7. The molecule has 3 aromatic carbocycles. The lowest BCUT2D eigenvalue weighted by Crippen LogP contribution is -2.12. The van der Waals surface area contributed by atoms with Gasteiger partial charge in [-0.25, -0.2) is 0 Å². The summed E-state index contributed by atoms with van der Waals surface area (Å²) in [4.78, 5) is 22.0. The van der Waals surface area contributed by atoms with E-state index < -0.39 is 0 Å². The molecule has 4 aromatic rings. The summed E-state index contributed by atoms with van der Waals surface area (Å²) in [6, 6.07) is 28.5. The molecule has 0 amide bonds. The molecule has 194 valence electrons. The first-order chi connectivity index (χ1) is 18.6. The van der Waals surface area contributed by atoms with Crippen LogP contribution in [0.25, 0.3) is 22.2 Å². The largest absolute Gasteiger partial charge is 0.506 e. The Morgan fingerprint density at radius 3 is 2.18 bits per heavy atom. The van der Waals surface area contributed by atoms with Crippen LogP contribution in [0.5, 0.6) is 0 Å². The molecule has 0 bridgehead atoms. The Kier molecular flexibility index (Phi) is 8.94. The molecule has 5 nitrogen and oxygen atoms in total. The maximum Gasteiger partial charge on any atom is 0.290 e. The second-order valence-corrected chi connectivity index (χ2v) is 9.33. The third-order valence-electron chi connectivity index (χ3n) is 6.98. The number of hydrogen-bond donors (Lipinski definition) is 2. The van der Waals surface area contributed by atoms with E-state index in [4.69, 9.17) is 9.90 Å². The molecule has 1 aromatic heterocycles. The van der Waals surface area contributed by atoms with Gasteiger partial charge in [-0.1, -0.05) is 91.4 Å². The number of hydrogen-bond acceptors (Lipinski definition) is 3. The third kappa shape index (κ3) is 5.78. The molecule has 2 N–H and O–H groups in total. The van der Waals surface area contributed by atoms with E-state index in [0.29, 0.717) is 24.1 Å². The number of benzene rings is 3. The lowest BCUT2D eigenvalue weighted by molar-refractivity contribution is -0.123. The molecule has 1 heterocycles. The minimum Gasteiger partial charge on any atom is -0.506 e. The van der Waals surface area contributed by atoms with Crippen molar-refractivity contribution in [2.75, 3.05) is 0 Å². The average molecular weight is 508 g/mol. The minimum absolute atomic E-state index is 0.0203. The molecule has 1 aliphatic rings. The van der Waals surface area contributed by atoms with E-state index in [1.807, 2.05) is 72.9 Å². The third-order valence-corrected chi connectivity index (χ3v) is 6.98. The van der Waals surface area contributed by atoms with Gasteiger partial charge in [-0.15, -0.1) is 0 Å². The molecule has 5 rings (SSSR count). The highest BCUT2D eigenvalue weighted by atomic mass is 16.3. The van der Waals surface area contributed by atoms with E-state index in [1.165, 1.54) is 11.1 Å². The normalized spacial score (nSPS) is 17.2. The zero-order chi connectivity index (χ0) is 26.9. The van der Waals surface area contributed by atoms with Crippen LogP contribution in [-0.4, -0.2) is 27.0 Å². The number of carbonyl (C=O) groups is 2. The van der Waals surface area contributed by atoms with Gasteiger partial charge in [-0.2, -0.15) is 0 Å². The smallest absolute Gasteiger partial charge is 0.290 e. The van der Waals surface area contributed by atoms with Crippen molar-refractivity contribution in [1.29, 1.82) is 0 Å². The van der Waals surface area contributed by atoms with Crippen LogP contribution in [-0.2, 0) is 16.1 Å². The molecule has 0 fully saturated rings. The number of carbonyl (C=O) groups excluding carboxylic acids is 1. The average Bonchev–Trinajstić information content (AvgIpc) is 3.30. The lowest BCUT2D eigenvalue weighted by atomic mass is 9.82. The summed E-state index contributed by atoms with van der Waals surface area (Å²) >= 11 is 0. The molecule has 0 spiro atoms. The Balaban J connectivity index is 0.00000107. The Labute approximate surface area is 223 Å². The van der Waals surface area contributed by atoms with Crippen molar-refractivity contribution < 1.29 is 19.8 Å². The van der Waals surface area contributed by atoms with E-state index in [0.717, 1.165) is 47.7 Å². The summed E-state index contributed by atoms with van der Waals surface area (Å²) in [5.41, 5.74) is 6.55. The van der Waals surface area contributed by atoms with E-state index in [9.17, 15) is 9.90 Å². The van der Waals surface area contributed by atoms with Gasteiger partial charge < -0.3 is 14.8 Å². The molecular formula is C33H33NO4. The Hall–Kier alpha value is -4.38. The fourth-order valence-electron chi connectivity index (χ4n) is 5.23. The van der Waals surface area contributed by atoms with Gasteiger partial charge in [0.2, 0.25) is 0 Å². The Bertz CT molecular complexity index is 1460. The second kappa shape index (κ2) is 12.7. The van der Waals surface area contributed by atoms with Crippen LogP contribution in [0.1, 0.15) is 55.7 Å². The van der Waals surface area contributed by atoms with E-state index >= 15 is 0 Å². The number of para-hydroxylation sites is 1. The van der Waals surface area contributed by atoms with Gasteiger partial charge in [0, 0.05) is 35.6 Å². The summed E-state index contributed by atoms with van der Waals surface area (Å²) in [6.45, 7) is 2.59. The zero-order valence-electron chi connectivity index (χ0n) is 21.6. The summed E-state index contributed by atoms with van der Waals surface area (Å²) < 4.78 is 2.16. The zero-order valence-corrected chi connectivity index (χ0v) is 21.6. The van der Waals surface area contributed by atoms with Crippen LogP contribution in [0.2, 0.25) is 0 Å². The summed E-state index contributed by atoms with van der Waals surface area (Å²) in [7, 11) is 0. The number of allylic oxidation sites excluding steroid dienone is 3. The molecule has 0 aliphatic heterocycles. The van der Waals surface area contributed by atoms with Crippen molar-refractivity contribution in [1.82, 2.24) is 4.57 Å². The van der Waals surface area contributed by atoms with Crippen LogP contribution < -0.4 is 0 Å². The van der Waals surface area contributed by atoms with E-state index in [2.05, 4.69) is 29.7 Å². The number of aliphatic hydroxyl groups excluding tert-OH is 1. The molecule has 0 unspecified atom stereocenters. The quantitative estimate of drug-likeness (QED) is 0.165. The van der Waals surface area contributed by atoms with Gasteiger partial charge in [0.25, 0.3) is 6.47 Å². The van der Waals surface area contributed by atoms with E-state index in [-0.39, 0.29) is 18.0 Å². The number of aromatic nitrogens is 1. The number of aliphatic hydroxyl groups is 1. The van der Waals surface area contributed by atoms with Crippen molar-refractivity contribution >= 4 is 34.5 Å². The first kappa shape index (κ1) is 26.7. The molecule has 0 atom stereocenters. The molecule has 0 radical (unpaired) electrons. The number of carboxylic acid groups (broad SMARTS) is 1. The van der Waals surface area contributed by atoms with Crippen molar-refractivity contribution in [3.63, 3.8) is 0 Å². The topological polar surface area (TPSA) is 79.5 Å². The first-order valence-electron chi connectivity index (χ1n) is 13.0. The molecule has 0 saturated carbocycles. The van der Waals surface area contributed by atoms with Crippen LogP contribution >= 0.6 is 0 Å². The highest BCUT2D eigenvalue weighted by Crippen LogP contribution is 2.39. The SMILES string of the molecule is CC/C1=C(/c2ccccc2)C(=C(O)c2cn(Cc3ccccc3)c3ccccc23)C(=O)CCCC1.O=CO. The first-order valence-corrected chi connectivity index (χ1v) is 13.0. The second-order valence-electron chi connectivity index (χ2n) is 9.33. The van der Waals surface area contributed by atoms with Crippen molar-refractivity contribution in [3.05, 3.63) is 119 Å². The lowest BCUT2D eigenvalue weighted by Gasteiger charge is -2.21. The predicted molar refractivity (Wildman–Crippen MR) is 153 cm³/mol. The fraction of sp³-hybridized carbons (Fsp3) is 0.212. The van der Waals surface area contributed by atoms with Gasteiger partial charge in [-0.05, 0) is 48.4 Å².